The molecule has 2 heterocycles. The number of aliphatic imine (C=N–C) groups is 1. The fourth-order valence-corrected chi connectivity index (χ4v) is 3.26. The van der Waals surface area contributed by atoms with Crippen LogP contribution in [0.3, 0.4) is 0 Å². The van der Waals surface area contributed by atoms with Crippen LogP contribution in [-0.2, 0) is 15.9 Å². The van der Waals surface area contributed by atoms with E-state index >= 15 is 0 Å². The highest BCUT2D eigenvalue weighted by atomic mass is 16.5. The Morgan fingerprint density at radius 1 is 1.23 bits per heavy atom. The zero-order chi connectivity index (χ0) is 18.0. The van der Waals surface area contributed by atoms with E-state index in [1.807, 2.05) is 12.1 Å². The molecule has 26 heavy (non-hydrogen) atoms. The van der Waals surface area contributed by atoms with Crippen molar-refractivity contribution in [2.24, 2.45) is 4.99 Å². The van der Waals surface area contributed by atoms with Crippen molar-refractivity contribution in [1.29, 1.82) is 0 Å². The van der Waals surface area contributed by atoms with Crippen LogP contribution in [0.1, 0.15) is 31.7 Å². The van der Waals surface area contributed by atoms with E-state index < -0.39 is 0 Å². The molecular weight excluding hydrogens is 330 g/mol. The lowest BCUT2D eigenvalue weighted by Gasteiger charge is -2.22. The minimum atomic E-state index is 0.125. The molecule has 2 aliphatic heterocycles. The second-order valence-electron chi connectivity index (χ2n) is 6.73. The van der Waals surface area contributed by atoms with E-state index in [1.165, 1.54) is 5.56 Å². The van der Waals surface area contributed by atoms with Crippen molar-refractivity contribution < 1.29 is 14.2 Å². The Labute approximate surface area is 156 Å². The van der Waals surface area contributed by atoms with Gasteiger partial charge in [-0.05, 0) is 37.8 Å². The summed E-state index contributed by atoms with van der Waals surface area (Å²) in [7, 11) is 0. The molecule has 144 valence electrons. The Morgan fingerprint density at radius 3 is 2.88 bits per heavy atom. The minimum Gasteiger partial charge on any atom is -0.488 e. The molecule has 6 heteroatoms. The molecule has 0 saturated carbocycles. The van der Waals surface area contributed by atoms with Crippen molar-refractivity contribution >= 4 is 5.96 Å². The number of hydrogen-bond donors (Lipinski definition) is 2. The Balaban J connectivity index is 1.34. The molecule has 0 aliphatic carbocycles. The Kier molecular flexibility index (Phi) is 7.58. The lowest BCUT2D eigenvalue weighted by molar-refractivity contribution is -0.0320. The standard InChI is InChI=1S/C20H31N3O3/c1-2-21-20(22-10-5-11-25-17-8-12-24-13-9-17)23-15-18-14-16-6-3-4-7-19(16)26-18/h3-4,6-7,17-18H,2,5,8-15H2,1H3,(H2,21,22,23). The summed E-state index contributed by atoms with van der Waals surface area (Å²) < 4.78 is 17.2. The first-order chi connectivity index (χ1) is 12.8. The number of nitrogens with one attached hydrogen (secondary N) is 2. The summed E-state index contributed by atoms with van der Waals surface area (Å²) in [5.41, 5.74) is 1.27. The number of hydrogen-bond acceptors (Lipinski definition) is 4. The predicted molar refractivity (Wildman–Crippen MR) is 103 cm³/mol. The van der Waals surface area contributed by atoms with Gasteiger partial charge in [-0.1, -0.05) is 18.2 Å². The molecule has 0 aromatic heterocycles. The number of fused-ring (bicyclic) bond motifs is 1. The number of para-hydroxylation sites is 1. The van der Waals surface area contributed by atoms with Crippen LogP contribution < -0.4 is 15.4 Å². The molecule has 1 saturated heterocycles. The fraction of sp³-hybridized carbons (Fsp3) is 0.650. The van der Waals surface area contributed by atoms with Gasteiger partial charge in [0.05, 0.1) is 12.6 Å². The van der Waals surface area contributed by atoms with Gasteiger partial charge in [0, 0.05) is 39.3 Å². The van der Waals surface area contributed by atoms with Gasteiger partial charge in [-0.2, -0.15) is 0 Å². The van der Waals surface area contributed by atoms with Gasteiger partial charge >= 0.3 is 0 Å². The van der Waals surface area contributed by atoms with Crippen LogP contribution in [0.4, 0.5) is 0 Å². The summed E-state index contributed by atoms with van der Waals surface area (Å²) >= 11 is 0. The molecule has 0 spiro atoms. The molecule has 3 rings (SSSR count). The third kappa shape index (κ3) is 5.88. The van der Waals surface area contributed by atoms with Gasteiger partial charge in [-0.25, -0.2) is 4.99 Å². The second-order valence-corrected chi connectivity index (χ2v) is 6.73. The third-order valence-electron chi connectivity index (χ3n) is 4.65. The smallest absolute Gasteiger partial charge is 0.191 e. The van der Waals surface area contributed by atoms with E-state index in [0.29, 0.717) is 12.6 Å². The van der Waals surface area contributed by atoms with Crippen molar-refractivity contribution in [3.8, 4) is 5.75 Å². The monoisotopic (exact) mass is 361 g/mol. The SMILES string of the molecule is CCNC(=NCC1Cc2ccccc2O1)NCCCOC1CCOCC1. The lowest BCUT2D eigenvalue weighted by atomic mass is 10.1. The van der Waals surface area contributed by atoms with Crippen LogP contribution in [0.15, 0.2) is 29.3 Å². The van der Waals surface area contributed by atoms with Crippen LogP contribution in [0, 0.1) is 0 Å². The van der Waals surface area contributed by atoms with Crippen LogP contribution in [0.5, 0.6) is 5.75 Å². The molecule has 1 fully saturated rings. The molecule has 0 radical (unpaired) electrons. The Hall–Kier alpha value is -1.79. The average Bonchev–Trinajstić information content (AvgIpc) is 3.09. The number of benzene rings is 1. The van der Waals surface area contributed by atoms with Gasteiger partial charge in [-0.3, -0.25) is 0 Å². The summed E-state index contributed by atoms with van der Waals surface area (Å²) in [6.45, 7) is 6.85. The first-order valence-electron chi connectivity index (χ1n) is 9.81. The van der Waals surface area contributed by atoms with E-state index in [-0.39, 0.29) is 6.10 Å². The first-order valence-corrected chi connectivity index (χ1v) is 9.81. The van der Waals surface area contributed by atoms with Crippen LogP contribution in [-0.4, -0.2) is 57.6 Å². The van der Waals surface area contributed by atoms with E-state index in [2.05, 4.69) is 34.7 Å². The van der Waals surface area contributed by atoms with Gasteiger partial charge in [0.2, 0.25) is 0 Å². The third-order valence-corrected chi connectivity index (χ3v) is 4.65. The van der Waals surface area contributed by atoms with Crippen LogP contribution >= 0.6 is 0 Å². The summed E-state index contributed by atoms with van der Waals surface area (Å²) in [5.74, 6) is 1.84. The van der Waals surface area contributed by atoms with E-state index in [1.54, 1.807) is 0 Å². The highest BCUT2D eigenvalue weighted by Gasteiger charge is 2.21. The molecule has 0 bridgehead atoms. The van der Waals surface area contributed by atoms with Crippen molar-refractivity contribution in [3.05, 3.63) is 29.8 Å². The maximum Gasteiger partial charge on any atom is 0.191 e. The Morgan fingerprint density at radius 2 is 2.08 bits per heavy atom. The zero-order valence-corrected chi connectivity index (χ0v) is 15.7. The fourth-order valence-electron chi connectivity index (χ4n) is 3.26. The topological polar surface area (TPSA) is 64.1 Å². The molecule has 2 aliphatic rings. The summed E-state index contributed by atoms with van der Waals surface area (Å²) in [5, 5.41) is 6.68. The average molecular weight is 361 g/mol. The van der Waals surface area contributed by atoms with E-state index in [4.69, 9.17) is 14.2 Å². The maximum absolute atomic E-state index is 5.95. The molecular formula is C20H31N3O3. The molecule has 0 amide bonds. The Bertz CT molecular complexity index is 548. The molecule has 2 N–H and O–H groups in total. The first kappa shape index (κ1) is 19.0. The maximum atomic E-state index is 5.95. The number of guanidine groups is 1. The number of rotatable bonds is 8. The van der Waals surface area contributed by atoms with E-state index in [0.717, 1.165) is 70.3 Å². The molecule has 1 atom stereocenters. The van der Waals surface area contributed by atoms with Gasteiger partial charge < -0.3 is 24.8 Å². The van der Waals surface area contributed by atoms with Gasteiger partial charge in [0.25, 0.3) is 0 Å². The van der Waals surface area contributed by atoms with Crippen molar-refractivity contribution in [2.45, 2.75) is 44.8 Å². The zero-order valence-electron chi connectivity index (χ0n) is 15.7. The molecule has 1 unspecified atom stereocenters. The molecule has 1 aromatic carbocycles. The van der Waals surface area contributed by atoms with Crippen LogP contribution in [0.25, 0.3) is 0 Å². The minimum absolute atomic E-state index is 0.125. The summed E-state index contributed by atoms with van der Waals surface area (Å²) in [4.78, 5) is 4.68. The van der Waals surface area contributed by atoms with Crippen molar-refractivity contribution in [1.82, 2.24) is 10.6 Å². The number of nitrogens with zero attached hydrogens (tertiary/aromatic N) is 1. The molecule has 1 aromatic rings. The largest absolute Gasteiger partial charge is 0.488 e. The molecule has 6 nitrogen and oxygen atoms in total. The number of ether oxygens (including phenoxy) is 3. The van der Waals surface area contributed by atoms with E-state index in [9.17, 15) is 0 Å². The van der Waals surface area contributed by atoms with Crippen LogP contribution in [0.2, 0.25) is 0 Å². The summed E-state index contributed by atoms with van der Waals surface area (Å²) in [6, 6.07) is 8.22. The highest BCUT2D eigenvalue weighted by Crippen LogP contribution is 2.28. The van der Waals surface area contributed by atoms with Crippen molar-refractivity contribution in [2.75, 3.05) is 39.5 Å². The highest BCUT2D eigenvalue weighted by molar-refractivity contribution is 5.79. The normalized spacial score (nSPS) is 20.5. The van der Waals surface area contributed by atoms with Gasteiger partial charge in [0.1, 0.15) is 11.9 Å². The summed E-state index contributed by atoms with van der Waals surface area (Å²) in [6.07, 6.45) is 4.42. The quantitative estimate of drug-likeness (QED) is 0.422. The predicted octanol–water partition coefficient (Wildman–Crippen LogP) is 2.13. The van der Waals surface area contributed by atoms with Gasteiger partial charge in [-0.15, -0.1) is 0 Å². The van der Waals surface area contributed by atoms with Gasteiger partial charge in [0.15, 0.2) is 5.96 Å². The second kappa shape index (κ2) is 10.4. The van der Waals surface area contributed by atoms with Crippen molar-refractivity contribution in [3.63, 3.8) is 0 Å². The lowest BCUT2D eigenvalue weighted by Crippen LogP contribution is -2.39.